The summed E-state index contributed by atoms with van der Waals surface area (Å²) in [5, 5.41) is 5.28. The third-order valence-electron chi connectivity index (χ3n) is 4.55. The molecule has 0 spiro atoms. The number of hydrogen-bond donors (Lipinski definition) is 0. The highest BCUT2D eigenvalue weighted by molar-refractivity contribution is 6.42. The maximum atomic E-state index is 13.0. The lowest BCUT2D eigenvalue weighted by Crippen LogP contribution is -2.42. The molecule has 160 valence electrons. The molecule has 1 unspecified atom stereocenters. The predicted octanol–water partition coefficient (Wildman–Crippen LogP) is 5.29. The summed E-state index contributed by atoms with van der Waals surface area (Å²) in [6.07, 6.45) is -0.616. The Morgan fingerprint density at radius 2 is 1.77 bits per heavy atom. The van der Waals surface area contributed by atoms with E-state index in [1.165, 1.54) is 12.0 Å². The molecule has 2 aromatic rings. The van der Waals surface area contributed by atoms with Crippen molar-refractivity contribution in [3.05, 3.63) is 56.8 Å². The Balaban J connectivity index is 2.26. The fourth-order valence-corrected chi connectivity index (χ4v) is 3.68. The largest absolute Gasteiger partial charge is 0.466 e. The lowest BCUT2D eigenvalue weighted by Gasteiger charge is -2.36. The lowest BCUT2D eigenvalue weighted by molar-refractivity contribution is -0.136. The first-order valence-electron chi connectivity index (χ1n) is 9.28. The smallest absolute Gasteiger partial charge is 0.420 e. The van der Waals surface area contributed by atoms with E-state index in [9.17, 15) is 9.59 Å². The number of carbonyl (C=O) groups is 2. The van der Waals surface area contributed by atoms with Crippen molar-refractivity contribution >= 4 is 41.1 Å². The lowest BCUT2D eigenvalue weighted by atomic mass is 9.95. The van der Waals surface area contributed by atoms with E-state index in [1.807, 2.05) is 0 Å². The zero-order chi connectivity index (χ0) is 22.4. The Morgan fingerprint density at radius 3 is 2.33 bits per heavy atom. The van der Waals surface area contributed by atoms with Gasteiger partial charge in [0.2, 0.25) is 0 Å². The van der Waals surface area contributed by atoms with Crippen LogP contribution in [0.15, 0.2) is 35.5 Å². The number of aryl methyl sites for hydroxylation is 1. The fraction of sp³-hybridized carbons (Fsp3) is 0.381. The summed E-state index contributed by atoms with van der Waals surface area (Å²) < 4.78 is 12.2. The molecule has 1 aromatic heterocycles. The molecule has 30 heavy (non-hydrogen) atoms. The molecule has 0 saturated heterocycles. The van der Waals surface area contributed by atoms with Crippen molar-refractivity contribution in [2.45, 2.75) is 46.3 Å². The molecule has 0 aliphatic carbocycles. The van der Waals surface area contributed by atoms with Gasteiger partial charge in [0.05, 0.1) is 28.4 Å². The van der Waals surface area contributed by atoms with Gasteiger partial charge in [-0.25, -0.2) is 19.2 Å². The van der Waals surface area contributed by atoms with Gasteiger partial charge in [0.15, 0.2) is 0 Å². The first-order chi connectivity index (χ1) is 13.9. The fourth-order valence-electron chi connectivity index (χ4n) is 3.37. The highest BCUT2D eigenvalue weighted by Gasteiger charge is 2.41. The molecule has 0 bridgehead atoms. The number of halogens is 2. The first-order valence-corrected chi connectivity index (χ1v) is 10.0. The van der Waals surface area contributed by atoms with E-state index in [0.29, 0.717) is 32.8 Å². The highest BCUT2D eigenvalue weighted by atomic mass is 35.5. The summed E-state index contributed by atoms with van der Waals surface area (Å²) in [5.41, 5.74) is 1.26. The zero-order valence-corrected chi connectivity index (χ0v) is 19.1. The molecular formula is C21H23Cl2N3O4. The van der Waals surface area contributed by atoms with Gasteiger partial charge in [-0.05, 0) is 52.3 Å². The quantitative estimate of drug-likeness (QED) is 0.579. The summed E-state index contributed by atoms with van der Waals surface area (Å²) in [6, 6.07) is 6.19. The van der Waals surface area contributed by atoms with E-state index in [2.05, 4.69) is 5.10 Å². The SMILES string of the molecule is COC(=O)C1=C(C)N(C(=O)OC(C)(C)C)c2cc(C)nn2C1c1ccc(Cl)c(Cl)c1. The number of anilines is 1. The van der Waals surface area contributed by atoms with E-state index >= 15 is 0 Å². The minimum absolute atomic E-state index is 0.248. The minimum atomic E-state index is -0.719. The number of nitrogens with zero attached hydrogens (tertiary/aromatic N) is 3. The molecule has 0 fully saturated rings. The van der Waals surface area contributed by atoms with Crippen LogP contribution in [0, 0.1) is 6.92 Å². The first kappa shape index (κ1) is 22.2. The molecule has 1 aromatic carbocycles. The van der Waals surface area contributed by atoms with Crippen LogP contribution in [0.2, 0.25) is 10.0 Å². The number of hydrogen-bond acceptors (Lipinski definition) is 5. The summed E-state index contributed by atoms with van der Waals surface area (Å²) in [5.74, 6) is -0.112. The van der Waals surface area contributed by atoms with Gasteiger partial charge < -0.3 is 9.47 Å². The van der Waals surface area contributed by atoms with Crippen LogP contribution < -0.4 is 4.90 Å². The van der Waals surface area contributed by atoms with Crippen molar-refractivity contribution in [1.29, 1.82) is 0 Å². The normalized spacial score (nSPS) is 16.4. The van der Waals surface area contributed by atoms with Gasteiger partial charge in [-0.1, -0.05) is 29.3 Å². The summed E-state index contributed by atoms with van der Waals surface area (Å²) in [7, 11) is 1.29. The van der Waals surface area contributed by atoms with E-state index in [-0.39, 0.29) is 5.57 Å². The number of aromatic nitrogens is 2. The van der Waals surface area contributed by atoms with Crippen LogP contribution in [0.3, 0.4) is 0 Å². The molecule has 1 aliphatic heterocycles. The maximum absolute atomic E-state index is 13.0. The predicted molar refractivity (Wildman–Crippen MR) is 115 cm³/mol. The van der Waals surface area contributed by atoms with E-state index in [1.54, 1.807) is 63.6 Å². The van der Waals surface area contributed by atoms with Gasteiger partial charge in [0, 0.05) is 11.8 Å². The van der Waals surface area contributed by atoms with Crippen molar-refractivity contribution in [2.24, 2.45) is 0 Å². The van der Waals surface area contributed by atoms with Crippen molar-refractivity contribution in [3.63, 3.8) is 0 Å². The summed E-state index contributed by atoms with van der Waals surface area (Å²) in [4.78, 5) is 27.2. The Morgan fingerprint density at radius 1 is 1.10 bits per heavy atom. The number of amides is 1. The zero-order valence-electron chi connectivity index (χ0n) is 17.6. The molecule has 3 rings (SSSR count). The molecule has 1 aliphatic rings. The third-order valence-corrected chi connectivity index (χ3v) is 5.29. The third kappa shape index (κ3) is 4.04. The summed E-state index contributed by atoms with van der Waals surface area (Å²) >= 11 is 12.3. The van der Waals surface area contributed by atoms with Crippen molar-refractivity contribution in [2.75, 3.05) is 12.0 Å². The standard InChI is InChI=1S/C21H23Cl2N3O4/c1-11-9-16-25(20(28)30-21(3,4)5)12(2)17(19(27)29-6)18(26(16)24-11)13-7-8-14(22)15(23)10-13/h7-10,18H,1-6H3. The van der Waals surface area contributed by atoms with Gasteiger partial charge in [0.1, 0.15) is 17.5 Å². The molecule has 0 N–H and O–H groups in total. The number of rotatable bonds is 2. The number of allylic oxidation sites excluding steroid dienone is 1. The maximum Gasteiger partial charge on any atom is 0.420 e. The van der Waals surface area contributed by atoms with Crippen LogP contribution in [-0.2, 0) is 14.3 Å². The monoisotopic (exact) mass is 451 g/mol. The van der Waals surface area contributed by atoms with Crippen molar-refractivity contribution in [3.8, 4) is 0 Å². The molecule has 1 atom stereocenters. The van der Waals surface area contributed by atoms with Gasteiger partial charge in [0.25, 0.3) is 0 Å². The Hall–Kier alpha value is -2.51. The number of esters is 1. The number of benzene rings is 1. The van der Waals surface area contributed by atoms with Gasteiger partial charge in [-0.3, -0.25) is 0 Å². The van der Waals surface area contributed by atoms with E-state index in [0.717, 1.165) is 0 Å². The van der Waals surface area contributed by atoms with Gasteiger partial charge in [-0.15, -0.1) is 0 Å². The van der Waals surface area contributed by atoms with Crippen LogP contribution in [0.1, 0.15) is 45.0 Å². The minimum Gasteiger partial charge on any atom is -0.466 e. The van der Waals surface area contributed by atoms with Crippen LogP contribution in [0.4, 0.5) is 10.6 Å². The Bertz CT molecular complexity index is 1050. The molecule has 9 heteroatoms. The van der Waals surface area contributed by atoms with Crippen LogP contribution >= 0.6 is 23.2 Å². The molecule has 2 heterocycles. The molecule has 0 radical (unpaired) electrons. The number of ether oxygens (including phenoxy) is 2. The van der Waals surface area contributed by atoms with Gasteiger partial charge in [-0.2, -0.15) is 5.10 Å². The number of methoxy groups -OCH3 is 1. The molecule has 0 saturated carbocycles. The van der Waals surface area contributed by atoms with Crippen molar-refractivity contribution in [1.82, 2.24) is 9.78 Å². The second-order valence-corrected chi connectivity index (χ2v) is 8.79. The van der Waals surface area contributed by atoms with Crippen molar-refractivity contribution < 1.29 is 19.1 Å². The molecule has 7 nitrogen and oxygen atoms in total. The topological polar surface area (TPSA) is 73.7 Å². The van der Waals surface area contributed by atoms with Crippen LogP contribution in [0.25, 0.3) is 0 Å². The Labute approximate surface area is 185 Å². The second-order valence-electron chi connectivity index (χ2n) is 7.97. The molecule has 1 amide bonds. The second kappa shape index (κ2) is 7.96. The average Bonchev–Trinajstić information content (AvgIpc) is 3.01. The Kier molecular flexibility index (Phi) is 5.89. The molecular weight excluding hydrogens is 429 g/mol. The van der Waals surface area contributed by atoms with Crippen LogP contribution in [-0.4, -0.2) is 34.6 Å². The number of fused-ring (bicyclic) bond motifs is 1. The highest BCUT2D eigenvalue weighted by Crippen LogP contribution is 2.41. The van der Waals surface area contributed by atoms with Gasteiger partial charge >= 0.3 is 12.1 Å². The van der Waals surface area contributed by atoms with E-state index < -0.39 is 23.7 Å². The van der Waals surface area contributed by atoms with E-state index in [4.69, 9.17) is 32.7 Å². The average molecular weight is 452 g/mol. The summed E-state index contributed by atoms with van der Waals surface area (Å²) in [6.45, 7) is 8.80. The number of carbonyl (C=O) groups excluding carboxylic acids is 2. The van der Waals surface area contributed by atoms with Crippen LogP contribution in [0.5, 0.6) is 0 Å².